The van der Waals surface area contributed by atoms with Crippen molar-refractivity contribution >= 4 is 0 Å². The Kier molecular flexibility index (Phi) is 6.10. The molecule has 0 aromatic carbocycles. The van der Waals surface area contributed by atoms with Gasteiger partial charge in [0, 0.05) is 31.2 Å². The summed E-state index contributed by atoms with van der Waals surface area (Å²) in [6.07, 6.45) is 6.69. The van der Waals surface area contributed by atoms with Crippen molar-refractivity contribution in [2.24, 2.45) is 17.6 Å². The lowest BCUT2D eigenvalue weighted by Crippen LogP contribution is -2.56. The molecule has 3 heteroatoms. The highest BCUT2D eigenvalue weighted by Crippen LogP contribution is 2.36. The Morgan fingerprint density at radius 1 is 1.10 bits per heavy atom. The minimum atomic E-state index is 0.256. The van der Waals surface area contributed by atoms with Crippen molar-refractivity contribution in [2.75, 3.05) is 32.7 Å². The Bertz CT molecular complexity index is 300. The summed E-state index contributed by atoms with van der Waals surface area (Å²) >= 11 is 0. The lowest BCUT2D eigenvalue weighted by Gasteiger charge is -2.41. The highest BCUT2D eigenvalue weighted by atomic mass is 15.3. The van der Waals surface area contributed by atoms with Crippen LogP contribution in [0.2, 0.25) is 0 Å². The molecule has 1 saturated heterocycles. The van der Waals surface area contributed by atoms with Gasteiger partial charge in [0.25, 0.3) is 0 Å². The molecule has 1 atom stereocenters. The molecule has 0 bridgehead atoms. The van der Waals surface area contributed by atoms with Crippen LogP contribution in [0, 0.1) is 11.8 Å². The molecule has 2 rings (SSSR count). The maximum atomic E-state index is 6.30. The quantitative estimate of drug-likeness (QED) is 0.710. The highest BCUT2D eigenvalue weighted by Gasteiger charge is 2.45. The average Bonchev–Trinajstić information content (AvgIpc) is 3.19. The molecule has 3 nitrogen and oxygen atoms in total. The minimum absolute atomic E-state index is 0.256. The van der Waals surface area contributed by atoms with Crippen LogP contribution < -0.4 is 5.73 Å². The molecule has 124 valence electrons. The summed E-state index contributed by atoms with van der Waals surface area (Å²) < 4.78 is 0. The molecule has 2 aliphatic rings. The zero-order valence-electron chi connectivity index (χ0n) is 14.8. The summed E-state index contributed by atoms with van der Waals surface area (Å²) in [6, 6.07) is 0.885. The second-order valence-corrected chi connectivity index (χ2v) is 8.23. The summed E-state index contributed by atoms with van der Waals surface area (Å²) in [5.41, 5.74) is 6.55. The number of hydrogen-bond acceptors (Lipinski definition) is 3. The molecule has 2 fully saturated rings. The predicted molar refractivity (Wildman–Crippen MR) is 91.5 cm³/mol. The van der Waals surface area contributed by atoms with Crippen molar-refractivity contribution in [1.82, 2.24) is 9.80 Å². The maximum absolute atomic E-state index is 6.30. The zero-order chi connectivity index (χ0) is 15.5. The molecular formula is C18H37N3. The first-order valence-electron chi connectivity index (χ1n) is 9.16. The van der Waals surface area contributed by atoms with Crippen LogP contribution in [0.3, 0.4) is 0 Å². The third kappa shape index (κ3) is 4.67. The SMILES string of the molecule is CC(C)CCN(CCC(C)C)C1(CN)CCN(C2CC2)C1. The summed E-state index contributed by atoms with van der Waals surface area (Å²) in [5, 5.41) is 0. The van der Waals surface area contributed by atoms with Crippen molar-refractivity contribution in [2.45, 2.75) is 71.4 Å². The van der Waals surface area contributed by atoms with Gasteiger partial charge in [0.1, 0.15) is 0 Å². The molecule has 1 unspecified atom stereocenters. The lowest BCUT2D eigenvalue weighted by atomic mass is 9.94. The van der Waals surface area contributed by atoms with Crippen LogP contribution in [0.5, 0.6) is 0 Å². The Labute approximate surface area is 132 Å². The fourth-order valence-corrected chi connectivity index (χ4v) is 3.61. The van der Waals surface area contributed by atoms with Crippen molar-refractivity contribution in [3.63, 3.8) is 0 Å². The second kappa shape index (κ2) is 7.43. The second-order valence-electron chi connectivity index (χ2n) is 8.23. The molecule has 2 N–H and O–H groups in total. The molecule has 0 aromatic heterocycles. The molecule has 0 radical (unpaired) electrons. The fourth-order valence-electron chi connectivity index (χ4n) is 3.61. The van der Waals surface area contributed by atoms with Gasteiger partial charge in [-0.05, 0) is 57.0 Å². The van der Waals surface area contributed by atoms with Gasteiger partial charge in [0.05, 0.1) is 0 Å². The van der Waals surface area contributed by atoms with E-state index < -0.39 is 0 Å². The average molecular weight is 296 g/mol. The number of nitrogens with zero attached hydrogens (tertiary/aromatic N) is 2. The predicted octanol–water partition coefficient (Wildman–Crippen LogP) is 2.95. The van der Waals surface area contributed by atoms with Gasteiger partial charge in [-0.3, -0.25) is 9.80 Å². The smallest absolute Gasteiger partial charge is 0.0470 e. The topological polar surface area (TPSA) is 32.5 Å². The summed E-state index contributed by atoms with van der Waals surface area (Å²) in [6.45, 7) is 15.1. The Hall–Kier alpha value is -0.120. The Morgan fingerprint density at radius 2 is 1.67 bits per heavy atom. The fraction of sp³-hybridized carbons (Fsp3) is 1.00. The first-order valence-corrected chi connectivity index (χ1v) is 9.16. The molecule has 1 aliphatic heterocycles. The largest absolute Gasteiger partial charge is 0.329 e. The summed E-state index contributed by atoms with van der Waals surface area (Å²) in [4.78, 5) is 5.47. The van der Waals surface area contributed by atoms with Gasteiger partial charge in [0.2, 0.25) is 0 Å². The van der Waals surface area contributed by atoms with Gasteiger partial charge < -0.3 is 5.73 Å². The molecule has 1 heterocycles. The highest BCUT2D eigenvalue weighted by molar-refractivity contribution is 5.03. The van der Waals surface area contributed by atoms with E-state index in [1.165, 1.54) is 58.3 Å². The first-order chi connectivity index (χ1) is 9.97. The van der Waals surface area contributed by atoms with Crippen LogP contribution in [0.4, 0.5) is 0 Å². The van der Waals surface area contributed by atoms with E-state index in [-0.39, 0.29) is 5.54 Å². The van der Waals surface area contributed by atoms with E-state index in [0.717, 1.165) is 24.4 Å². The van der Waals surface area contributed by atoms with E-state index in [9.17, 15) is 0 Å². The van der Waals surface area contributed by atoms with Crippen molar-refractivity contribution < 1.29 is 0 Å². The number of hydrogen-bond donors (Lipinski definition) is 1. The van der Waals surface area contributed by atoms with E-state index in [1.807, 2.05) is 0 Å². The van der Waals surface area contributed by atoms with E-state index in [2.05, 4.69) is 37.5 Å². The van der Waals surface area contributed by atoms with Gasteiger partial charge in [0.15, 0.2) is 0 Å². The molecule has 0 aromatic rings. The molecular weight excluding hydrogens is 258 g/mol. The third-order valence-corrected chi connectivity index (χ3v) is 5.43. The Morgan fingerprint density at radius 3 is 2.10 bits per heavy atom. The lowest BCUT2D eigenvalue weighted by molar-refractivity contribution is 0.0864. The van der Waals surface area contributed by atoms with Crippen LogP contribution in [0.15, 0.2) is 0 Å². The molecule has 0 amide bonds. The van der Waals surface area contributed by atoms with Gasteiger partial charge in [-0.1, -0.05) is 27.7 Å². The van der Waals surface area contributed by atoms with Gasteiger partial charge >= 0.3 is 0 Å². The normalized spacial score (nSPS) is 27.4. The monoisotopic (exact) mass is 295 g/mol. The molecule has 1 aliphatic carbocycles. The van der Waals surface area contributed by atoms with E-state index in [4.69, 9.17) is 5.73 Å². The summed E-state index contributed by atoms with van der Waals surface area (Å²) in [5.74, 6) is 1.56. The van der Waals surface area contributed by atoms with Crippen LogP contribution in [0.25, 0.3) is 0 Å². The van der Waals surface area contributed by atoms with Crippen LogP contribution >= 0.6 is 0 Å². The van der Waals surface area contributed by atoms with Crippen LogP contribution in [-0.4, -0.2) is 54.1 Å². The van der Waals surface area contributed by atoms with E-state index in [1.54, 1.807) is 0 Å². The van der Waals surface area contributed by atoms with E-state index in [0.29, 0.717) is 0 Å². The number of nitrogens with two attached hydrogens (primary N) is 1. The zero-order valence-corrected chi connectivity index (χ0v) is 14.8. The van der Waals surface area contributed by atoms with Crippen molar-refractivity contribution in [1.29, 1.82) is 0 Å². The first kappa shape index (κ1) is 17.2. The van der Waals surface area contributed by atoms with Crippen LogP contribution in [0.1, 0.15) is 59.8 Å². The summed E-state index contributed by atoms with van der Waals surface area (Å²) in [7, 11) is 0. The van der Waals surface area contributed by atoms with Gasteiger partial charge in [-0.2, -0.15) is 0 Å². The van der Waals surface area contributed by atoms with Crippen LogP contribution in [-0.2, 0) is 0 Å². The molecule has 1 saturated carbocycles. The maximum Gasteiger partial charge on any atom is 0.0470 e. The van der Waals surface area contributed by atoms with E-state index >= 15 is 0 Å². The number of rotatable bonds is 9. The van der Waals surface area contributed by atoms with Crippen molar-refractivity contribution in [3.8, 4) is 0 Å². The van der Waals surface area contributed by atoms with Crippen molar-refractivity contribution in [3.05, 3.63) is 0 Å². The molecule has 0 spiro atoms. The third-order valence-electron chi connectivity index (χ3n) is 5.43. The van der Waals surface area contributed by atoms with Gasteiger partial charge in [-0.15, -0.1) is 0 Å². The number of likely N-dealkylation sites (tertiary alicyclic amines) is 1. The van der Waals surface area contributed by atoms with Gasteiger partial charge in [-0.25, -0.2) is 0 Å². The Balaban J connectivity index is 2.00. The molecule has 21 heavy (non-hydrogen) atoms. The standard InChI is InChI=1S/C18H37N3/c1-15(2)7-10-21(11-8-16(3)4)18(13-19)9-12-20(14-18)17-5-6-17/h15-17H,5-14,19H2,1-4H3. The minimum Gasteiger partial charge on any atom is -0.329 e.